The largest absolute Gasteiger partial charge is 0.368 e. The second-order valence-corrected chi connectivity index (χ2v) is 7.22. The maximum atomic E-state index is 11.6. The Hall–Kier alpha value is -2.21. The highest BCUT2D eigenvalue weighted by Gasteiger charge is 2.19. The van der Waals surface area contributed by atoms with Gasteiger partial charge in [-0.2, -0.15) is 0 Å². The van der Waals surface area contributed by atoms with Gasteiger partial charge in [0, 0.05) is 36.3 Å². The summed E-state index contributed by atoms with van der Waals surface area (Å²) in [6.07, 6.45) is 6.53. The molecular weight excluding hydrogens is 296 g/mol. The minimum absolute atomic E-state index is 0.0319. The Labute approximate surface area is 146 Å². The SMILES string of the molecule is CCCN(C/C=C/C#CC(C)(C)C)c1cccc2c1CCC(=O)N2. The van der Waals surface area contributed by atoms with Crippen LogP contribution in [0.3, 0.4) is 0 Å². The molecule has 24 heavy (non-hydrogen) atoms. The quantitative estimate of drug-likeness (QED) is 0.815. The number of benzene rings is 1. The molecule has 0 unspecified atom stereocenters. The molecule has 0 radical (unpaired) electrons. The number of rotatable bonds is 5. The highest BCUT2D eigenvalue weighted by atomic mass is 16.1. The molecule has 1 N–H and O–H groups in total. The molecule has 3 heteroatoms. The van der Waals surface area contributed by atoms with E-state index in [0.29, 0.717) is 6.42 Å². The van der Waals surface area contributed by atoms with Gasteiger partial charge in [0.1, 0.15) is 0 Å². The number of nitrogens with one attached hydrogen (secondary N) is 1. The Kier molecular flexibility index (Phi) is 6.09. The molecule has 3 nitrogen and oxygen atoms in total. The fourth-order valence-electron chi connectivity index (χ4n) is 2.78. The number of fused-ring (bicyclic) bond motifs is 1. The maximum absolute atomic E-state index is 11.6. The summed E-state index contributed by atoms with van der Waals surface area (Å²) in [5, 5.41) is 2.98. The van der Waals surface area contributed by atoms with Crippen LogP contribution in [-0.2, 0) is 11.2 Å². The average Bonchev–Trinajstić information content (AvgIpc) is 2.51. The molecule has 0 saturated heterocycles. The van der Waals surface area contributed by atoms with Gasteiger partial charge in [-0.25, -0.2) is 0 Å². The zero-order valence-electron chi connectivity index (χ0n) is 15.3. The van der Waals surface area contributed by atoms with E-state index in [1.165, 1.54) is 11.3 Å². The van der Waals surface area contributed by atoms with Crippen molar-refractivity contribution in [2.75, 3.05) is 23.3 Å². The molecule has 0 saturated carbocycles. The van der Waals surface area contributed by atoms with Crippen LogP contribution in [0.5, 0.6) is 0 Å². The first kappa shape index (κ1) is 18.1. The molecule has 128 valence electrons. The van der Waals surface area contributed by atoms with Crippen LogP contribution in [0, 0.1) is 17.3 Å². The van der Waals surface area contributed by atoms with E-state index in [1.807, 2.05) is 18.2 Å². The van der Waals surface area contributed by atoms with Crippen molar-refractivity contribution in [3.63, 3.8) is 0 Å². The Morgan fingerprint density at radius 2 is 2.08 bits per heavy atom. The van der Waals surface area contributed by atoms with Crippen LogP contribution in [0.25, 0.3) is 0 Å². The van der Waals surface area contributed by atoms with Crippen molar-refractivity contribution in [1.29, 1.82) is 0 Å². The van der Waals surface area contributed by atoms with Crippen molar-refractivity contribution >= 4 is 17.3 Å². The predicted molar refractivity (Wildman–Crippen MR) is 102 cm³/mol. The van der Waals surface area contributed by atoms with Gasteiger partial charge in [-0.1, -0.05) is 30.9 Å². The summed E-state index contributed by atoms with van der Waals surface area (Å²) in [6, 6.07) is 6.16. The van der Waals surface area contributed by atoms with Crippen molar-refractivity contribution in [1.82, 2.24) is 0 Å². The lowest BCUT2D eigenvalue weighted by Crippen LogP contribution is -2.27. The van der Waals surface area contributed by atoms with Crippen molar-refractivity contribution < 1.29 is 4.79 Å². The van der Waals surface area contributed by atoms with E-state index in [9.17, 15) is 4.79 Å². The van der Waals surface area contributed by atoms with Gasteiger partial charge in [0.25, 0.3) is 0 Å². The van der Waals surface area contributed by atoms with Crippen LogP contribution in [0.4, 0.5) is 11.4 Å². The number of hydrogen-bond donors (Lipinski definition) is 1. The summed E-state index contributed by atoms with van der Waals surface area (Å²) < 4.78 is 0. The van der Waals surface area contributed by atoms with E-state index in [1.54, 1.807) is 0 Å². The second-order valence-electron chi connectivity index (χ2n) is 7.22. The first-order valence-electron chi connectivity index (χ1n) is 8.75. The van der Waals surface area contributed by atoms with Gasteiger partial charge in [-0.15, -0.1) is 0 Å². The van der Waals surface area contributed by atoms with Gasteiger partial charge < -0.3 is 10.2 Å². The predicted octanol–water partition coefficient (Wildman–Crippen LogP) is 4.39. The number of anilines is 2. The molecule has 1 heterocycles. The maximum Gasteiger partial charge on any atom is 0.224 e. The number of carbonyl (C=O) groups excluding carboxylic acids is 1. The van der Waals surface area contributed by atoms with Gasteiger partial charge in [-0.3, -0.25) is 4.79 Å². The van der Waals surface area contributed by atoms with E-state index in [2.05, 4.69) is 61.9 Å². The highest BCUT2D eigenvalue weighted by Crippen LogP contribution is 2.32. The molecule has 2 rings (SSSR count). The van der Waals surface area contributed by atoms with Gasteiger partial charge in [0.05, 0.1) is 0 Å². The Morgan fingerprint density at radius 1 is 1.29 bits per heavy atom. The average molecular weight is 324 g/mol. The lowest BCUT2D eigenvalue weighted by Gasteiger charge is -2.28. The summed E-state index contributed by atoms with van der Waals surface area (Å²) in [4.78, 5) is 14.0. The first-order valence-corrected chi connectivity index (χ1v) is 8.75. The molecule has 1 amide bonds. The molecule has 1 aliphatic rings. The summed E-state index contributed by atoms with van der Waals surface area (Å²) in [7, 11) is 0. The van der Waals surface area contributed by atoms with Gasteiger partial charge in [-0.05, 0) is 57.4 Å². The number of amides is 1. The van der Waals surface area contributed by atoms with E-state index in [-0.39, 0.29) is 11.3 Å². The summed E-state index contributed by atoms with van der Waals surface area (Å²) >= 11 is 0. The molecule has 0 aromatic heterocycles. The highest BCUT2D eigenvalue weighted by molar-refractivity contribution is 5.95. The normalized spacial score (nSPS) is 13.9. The third-order valence-corrected chi connectivity index (χ3v) is 3.84. The van der Waals surface area contributed by atoms with E-state index in [4.69, 9.17) is 0 Å². The molecule has 1 aromatic carbocycles. The van der Waals surface area contributed by atoms with E-state index >= 15 is 0 Å². The lowest BCUT2D eigenvalue weighted by molar-refractivity contribution is -0.116. The van der Waals surface area contributed by atoms with Crippen molar-refractivity contribution in [3.05, 3.63) is 35.9 Å². The van der Waals surface area contributed by atoms with Crippen LogP contribution >= 0.6 is 0 Å². The molecular formula is C21H28N2O. The van der Waals surface area contributed by atoms with Gasteiger partial charge in [0.2, 0.25) is 5.91 Å². The standard InChI is InChI=1S/C21H28N2O/c1-5-15-23(16-8-6-7-14-21(2,3)4)19-11-9-10-18-17(19)12-13-20(24)22-18/h6,8-11H,5,12-13,15-16H2,1-4H3,(H,22,24)/b8-6+. The third-order valence-electron chi connectivity index (χ3n) is 3.84. The van der Waals surface area contributed by atoms with Crippen LogP contribution in [-0.4, -0.2) is 19.0 Å². The first-order chi connectivity index (χ1) is 11.4. The van der Waals surface area contributed by atoms with Gasteiger partial charge in [0.15, 0.2) is 0 Å². The summed E-state index contributed by atoms with van der Waals surface area (Å²) in [6.45, 7) is 10.3. The minimum atomic E-state index is 0.0319. The fraction of sp³-hybridized carbons (Fsp3) is 0.476. The van der Waals surface area contributed by atoms with Crippen molar-refractivity contribution in [3.8, 4) is 11.8 Å². The topological polar surface area (TPSA) is 32.3 Å². The van der Waals surface area contributed by atoms with Crippen LogP contribution in [0.15, 0.2) is 30.4 Å². The molecule has 0 atom stereocenters. The van der Waals surface area contributed by atoms with Crippen LogP contribution in [0.2, 0.25) is 0 Å². The molecule has 0 fully saturated rings. The molecule has 0 aliphatic carbocycles. The van der Waals surface area contributed by atoms with E-state index < -0.39 is 0 Å². The number of carbonyl (C=O) groups is 1. The second kappa shape index (κ2) is 8.06. The minimum Gasteiger partial charge on any atom is -0.368 e. The zero-order valence-corrected chi connectivity index (χ0v) is 15.3. The third kappa shape index (κ3) is 5.16. The fourth-order valence-corrected chi connectivity index (χ4v) is 2.78. The Bertz CT molecular complexity index is 671. The molecule has 1 aliphatic heterocycles. The molecule has 0 spiro atoms. The monoisotopic (exact) mass is 324 g/mol. The molecule has 0 bridgehead atoms. The summed E-state index contributed by atoms with van der Waals surface area (Å²) in [5.41, 5.74) is 3.47. The summed E-state index contributed by atoms with van der Waals surface area (Å²) in [5.74, 6) is 6.46. The number of allylic oxidation sites excluding steroid dienone is 1. The van der Waals surface area contributed by atoms with Crippen LogP contribution < -0.4 is 10.2 Å². The van der Waals surface area contributed by atoms with E-state index in [0.717, 1.165) is 31.6 Å². The lowest BCUT2D eigenvalue weighted by atomic mass is 9.98. The van der Waals surface area contributed by atoms with Gasteiger partial charge >= 0.3 is 0 Å². The molecule has 1 aromatic rings. The smallest absolute Gasteiger partial charge is 0.224 e. The number of hydrogen-bond acceptors (Lipinski definition) is 2. The Balaban J connectivity index is 2.16. The Morgan fingerprint density at radius 3 is 2.79 bits per heavy atom. The van der Waals surface area contributed by atoms with Crippen LogP contribution in [0.1, 0.15) is 46.1 Å². The number of nitrogens with zero attached hydrogens (tertiary/aromatic N) is 1. The van der Waals surface area contributed by atoms with Crippen molar-refractivity contribution in [2.24, 2.45) is 5.41 Å². The zero-order chi connectivity index (χ0) is 17.6. The van der Waals surface area contributed by atoms with Crippen molar-refractivity contribution in [2.45, 2.75) is 47.0 Å².